The fourth-order valence-corrected chi connectivity index (χ4v) is 1.59. The minimum Gasteiger partial charge on any atom is -0.496 e. The van der Waals surface area contributed by atoms with Crippen molar-refractivity contribution in [3.05, 3.63) is 30.0 Å². The van der Waals surface area contributed by atoms with Crippen LogP contribution in [0.1, 0.15) is 5.69 Å². The highest BCUT2D eigenvalue weighted by atomic mass is 16.5. The second kappa shape index (κ2) is 4.26. The Morgan fingerprint density at radius 1 is 1.31 bits per heavy atom. The van der Waals surface area contributed by atoms with Crippen LogP contribution in [0.2, 0.25) is 0 Å². The van der Waals surface area contributed by atoms with Gasteiger partial charge in [0.25, 0.3) is 6.01 Å². The summed E-state index contributed by atoms with van der Waals surface area (Å²) in [4.78, 5) is 4.25. The fraction of sp³-hybridized carbons (Fsp3) is 0.250. The van der Waals surface area contributed by atoms with Crippen molar-refractivity contribution in [2.75, 3.05) is 19.5 Å². The van der Waals surface area contributed by atoms with Crippen molar-refractivity contribution in [3.63, 3.8) is 0 Å². The van der Waals surface area contributed by atoms with Gasteiger partial charge in [0, 0.05) is 7.05 Å². The smallest absolute Gasteiger partial charge is 0.295 e. The maximum atomic E-state index is 5.59. The van der Waals surface area contributed by atoms with E-state index in [4.69, 9.17) is 9.15 Å². The number of hydrogen-bond donors (Lipinski definition) is 1. The van der Waals surface area contributed by atoms with Crippen LogP contribution < -0.4 is 10.1 Å². The van der Waals surface area contributed by atoms with Crippen LogP contribution in [0.3, 0.4) is 0 Å². The summed E-state index contributed by atoms with van der Waals surface area (Å²) in [5, 5.41) is 2.88. The molecule has 0 fully saturated rings. The van der Waals surface area contributed by atoms with E-state index in [0.717, 1.165) is 22.8 Å². The standard InChI is InChI=1S/C12H14N2O2/c1-8-11(16-12(13-2)14-8)9-6-4-5-7-10(9)15-3/h4-7H,1-3H3,(H,13,14). The quantitative estimate of drug-likeness (QED) is 0.860. The van der Waals surface area contributed by atoms with Gasteiger partial charge in [-0.3, -0.25) is 0 Å². The van der Waals surface area contributed by atoms with Gasteiger partial charge >= 0.3 is 0 Å². The summed E-state index contributed by atoms with van der Waals surface area (Å²) in [7, 11) is 3.42. The van der Waals surface area contributed by atoms with Gasteiger partial charge < -0.3 is 14.5 Å². The molecule has 0 unspecified atom stereocenters. The van der Waals surface area contributed by atoms with Crippen LogP contribution in [0.5, 0.6) is 5.75 Å². The first-order chi connectivity index (χ1) is 7.76. The average Bonchev–Trinajstić information content (AvgIpc) is 2.70. The molecular formula is C12H14N2O2. The van der Waals surface area contributed by atoms with Gasteiger partial charge in [-0.2, -0.15) is 4.98 Å². The summed E-state index contributed by atoms with van der Waals surface area (Å²) in [5.41, 5.74) is 1.75. The Morgan fingerprint density at radius 3 is 2.69 bits per heavy atom. The molecule has 0 aliphatic rings. The van der Waals surface area contributed by atoms with Gasteiger partial charge in [0.2, 0.25) is 0 Å². The number of ether oxygens (including phenoxy) is 1. The summed E-state index contributed by atoms with van der Waals surface area (Å²) in [5.74, 6) is 1.52. The normalized spacial score (nSPS) is 10.2. The van der Waals surface area contributed by atoms with E-state index in [1.165, 1.54) is 0 Å². The molecule has 0 saturated heterocycles. The van der Waals surface area contributed by atoms with Crippen LogP contribution in [-0.2, 0) is 0 Å². The number of hydrogen-bond acceptors (Lipinski definition) is 4. The molecule has 4 heteroatoms. The molecule has 16 heavy (non-hydrogen) atoms. The molecule has 4 nitrogen and oxygen atoms in total. The minimum atomic E-state index is 0.512. The zero-order valence-corrected chi connectivity index (χ0v) is 9.57. The lowest BCUT2D eigenvalue weighted by Gasteiger charge is -2.05. The van der Waals surface area contributed by atoms with E-state index in [2.05, 4.69) is 10.3 Å². The van der Waals surface area contributed by atoms with Gasteiger partial charge in [-0.1, -0.05) is 12.1 Å². The zero-order chi connectivity index (χ0) is 11.5. The monoisotopic (exact) mass is 218 g/mol. The first-order valence-corrected chi connectivity index (χ1v) is 5.05. The maximum Gasteiger partial charge on any atom is 0.295 e. The molecule has 1 N–H and O–H groups in total. The highest BCUT2D eigenvalue weighted by Gasteiger charge is 2.14. The van der Waals surface area contributed by atoms with E-state index in [1.807, 2.05) is 31.2 Å². The van der Waals surface area contributed by atoms with E-state index in [0.29, 0.717) is 6.01 Å². The molecule has 0 bridgehead atoms. The van der Waals surface area contributed by atoms with E-state index < -0.39 is 0 Å². The number of aryl methyl sites for hydroxylation is 1. The lowest BCUT2D eigenvalue weighted by atomic mass is 10.1. The number of nitrogens with one attached hydrogen (secondary N) is 1. The molecule has 2 rings (SSSR count). The Bertz CT molecular complexity index is 492. The summed E-state index contributed by atoms with van der Waals surface area (Å²) in [6, 6.07) is 8.23. The molecule has 0 saturated carbocycles. The van der Waals surface area contributed by atoms with Gasteiger partial charge in [-0.15, -0.1) is 0 Å². The number of methoxy groups -OCH3 is 1. The minimum absolute atomic E-state index is 0.512. The van der Waals surface area contributed by atoms with Crippen LogP contribution in [0.25, 0.3) is 11.3 Å². The van der Waals surface area contributed by atoms with Crippen LogP contribution >= 0.6 is 0 Å². The second-order valence-electron chi connectivity index (χ2n) is 3.38. The van der Waals surface area contributed by atoms with Gasteiger partial charge in [0.1, 0.15) is 5.75 Å². The Kier molecular flexibility index (Phi) is 2.81. The van der Waals surface area contributed by atoms with Crippen molar-refractivity contribution in [1.82, 2.24) is 4.98 Å². The average molecular weight is 218 g/mol. The van der Waals surface area contributed by atoms with Crippen LogP contribution in [0.15, 0.2) is 28.7 Å². The Hall–Kier alpha value is -1.97. The lowest BCUT2D eigenvalue weighted by Crippen LogP contribution is -1.87. The molecule has 0 aliphatic carbocycles. The first kappa shape index (κ1) is 10.5. The number of para-hydroxylation sites is 1. The topological polar surface area (TPSA) is 47.3 Å². The molecule has 2 aromatic rings. The molecular weight excluding hydrogens is 204 g/mol. The summed E-state index contributed by atoms with van der Waals surface area (Å²) >= 11 is 0. The van der Waals surface area contributed by atoms with Crippen LogP contribution in [0.4, 0.5) is 6.01 Å². The molecule has 1 aromatic carbocycles. The van der Waals surface area contributed by atoms with Crippen molar-refractivity contribution in [3.8, 4) is 17.1 Å². The molecule has 0 amide bonds. The van der Waals surface area contributed by atoms with Gasteiger partial charge in [0.05, 0.1) is 18.4 Å². The third-order valence-corrected chi connectivity index (χ3v) is 2.36. The van der Waals surface area contributed by atoms with E-state index in [1.54, 1.807) is 14.2 Å². The van der Waals surface area contributed by atoms with Crippen molar-refractivity contribution in [1.29, 1.82) is 0 Å². The number of oxazole rings is 1. The molecule has 0 radical (unpaired) electrons. The fourth-order valence-electron chi connectivity index (χ4n) is 1.59. The largest absolute Gasteiger partial charge is 0.496 e. The lowest BCUT2D eigenvalue weighted by molar-refractivity contribution is 0.414. The van der Waals surface area contributed by atoms with Crippen LogP contribution in [0, 0.1) is 6.92 Å². The number of aromatic nitrogens is 1. The molecule has 0 aliphatic heterocycles. The zero-order valence-electron chi connectivity index (χ0n) is 9.57. The number of nitrogens with zero attached hydrogens (tertiary/aromatic N) is 1. The van der Waals surface area contributed by atoms with Crippen molar-refractivity contribution >= 4 is 6.01 Å². The van der Waals surface area contributed by atoms with Crippen molar-refractivity contribution in [2.45, 2.75) is 6.92 Å². The first-order valence-electron chi connectivity index (χ1n) is 5.05. The van der Waals surface area contributed by atoms with E-state index >= 15 is 0 Å². The second-order valence-corrected chi connectivity index (χ2v) is 3.38. The molecule has 0 atom stereocenters. The molecule has 0 spiro atoms. The Labute approximate surface area is 94.3 Å². The maximum absolute atomic E-state index is 5.59. The summed E-state index contributed by atoms with van der Waals surface area (Å²) in [6.45, 7) is 1.91. The predicted octanol–water partition coefficient (Wildman–Crippen LogP) is 2.70. The third kappa shape index (κ3) is 1.74. The highest BCUT2D eigenvalue weighted by Crippen LogP contribution is 2.33. The predicted molar refractivity (Wildman–Crippen MR) is 62.8 cm³/mol. The number of benzene rings is 1. The number of anilines is 1. The van der Waals surface area contributed by atoms with Crippen LogP contribution in [-0.4, -0.2) is 19.1 Å². The van der Waals surface area contributed by atoms with Gasteiger partial charge in [-0.05, 0) is 19.1 Å². The molecule has 1 aromatic heterocycles. The SMILES string of the molecule is CNc1nc(C)c(-c2ccccc2OC)o1. The van der Waals surface area contributed by atoms with E-state index in [9.17, 15) is 0 Å². The highest BCUT2D eigenvalue weighted by molar-refractivity contribution is 5.68. The molecule has 84 valence electrons. The summed E-state index contributed by atoms with van der Waals surface area (Å²) in [6.07, 6.45) is 0. The van der Waals surface area contributed by atoms with E-state index in [-0.39, 0.29) is 0 Å². The van der Waals surface area contributed by atoms with Crippen molar-refractivity contribution in [2.24, 2.45) is 0 Å². The summed E-state index contributed by atoms with van der Waals surface area (Å²) < 4.78 is 10.9. The van der Waals surface area contributed by atoms with Gasteiger partial charge in [0.15, 0.2) is 5.76 Å². The molecule has 1 heterocycles. The van der Waals surface area contributed by atoms with Crippen molar-refractivity contribution < 1.29 is 9.15 Å². The number of rotatable bonds is 3. The Balaban J connectivity index is 2.53. The van der Waals surface area contributed by atoms with Gasteiger partial charge in [-0.25, -0.2) is 0 Å². The third-order valence-electron chi connectivity index (χ3n) is 2.36. The Morgan fingerprint density at radius 2 is 2.06 bits per heavy atom.